The van der Waals surface area contributed by atoms with Crippen LogP contribution in [0, 0.1) is 5.41 Å². The highest BCUT2D eigenvalue weighted by Crippen LogP contribution is 2.29. The van der Waals surface area contributed by atoms with Crippen LogP contribution in [0.2, 0.25) is 0 Å². The van der Waals surface area contributed by atoms with Crippen molar-refractivity contribution in [3.63, 3.8) is 0 Å². The molecule has 0 saturated carbocycles. The molecule has 0 aromatic carbocycles. The summed E-state index contributed by atoms with van der Waals surface area (Å²) in [6, 6.07) is -0.389. The molecule has 1 rings (SSSR count). The summed E-state index contributed by atoms with van der Waals surface area (Å²) < 4.78 is 0. The SMILES string of the molecule is CCCNC(CCN1CCC(C)(C)CC1)C(=O)O. The van der Waals surface area contributed by atoms with Gasteiger partial charge in [-0.25, -0.2) is 0 Å². The molecule has 1 unspecified atom stereocenters. The van der Waals surface area contributed by atoms with Gasteiger partial charge in [-0.15, -0.1) is 0 Å². The zero-order valence-corrected chi connectivity index (χ0v) is 12.0. The molecular formula is C14H28N2O2. The van der Waals surface area contributed by atoms with Gasteiger partial charge in [-0.1, -0.05) is 20.8 Å². The maximum absolute atomic E-state index is 11.1. The van der Waals surface area contributed by atoms with Crippen LogP contribution in [-0.4, -0.2) is 48.2 Å². The number of likely N-dealkylation sites (tertiary alicyclic amines) is 1. The standard InChI is InChI=1S/C14H28N2O2/c1-4-8-15-12(13(17)18)5-9-16-10-6-14(2,3)7-11-16/h12,15H,4-11H2,1-3H3,(H,17,18). The van der Waals surface area contributed by atoms with E-state index in [0.29, 0.717) is 11.8 Å². The lowest BCUT2D eigenvalue weighted by Gasteiger charge is -2.37. The Kier molecular flexibility index (Phi) is 6.09. The van der Waals surface area contributed by atoms with E-state index < -0.39 is 5.97 Å². The fraction of sp³-hybridized carbons (Fsp3) is 0.929. The van der Waals surface area contributed by atoms with Gasteiger partial charge in [0.1, 0.15) is 6.04 Å². The van der Waals surface area contributed by atoms with Crippen LogP contribution in [0.4, 0.5) is 0 Å². The first-order valence-electron chi connectivity index (χ1n) is 7.13. The van der Waals surface area contributed by atoms with Gasteiger partial charge in [-0.2, -0.15) is 0 Å². The van der Waals surface area contributed by atoms with Crippen LogP contribution in [0.5, 0.6) is 0 Å². The molecule has 4 nitrogen and oxygen atoms in total. The lowest BCUT2D eigenvalue weighted by atomic mass is 9.82. The van der Waals surface area contributed by atoms with Crippen LogP contribution >= 0.6 is 0 Å². The highest BCUT2D eigenvalue weighted by molar-refractivity contribution is 5.73. The summed E-state index contributed by atoms with van der Waals surface area (Å²) in [5.41, 5.74) is 0.461. The zero-order valence-electron chi connectivity index (χ0n) is 12.0. The molecule has 0 spiro atoms. The molecule has 4 heteroatoms. The second-order valence-corrected chi connectivity index (χ2v) is 6.14. The van der Waals surface area contributed by atoms with Gasteiger partial charge in [0.25, 0.3) is 0 Å². The molecule has 0 amide bonds. The smallest absolute Gasteiger partial charge is 0.320 e. The minimum Gasteiger partial charge on any atom is -0.480 e. The summed E-state index contributed by atoms with van der Waals surface area (Å²) in [5, 5.41) is 12.2. The molecule has 0 aromatic rings. The maximum atomic E-state index is 11.1. The Labute approximate surface area is 111 Å². The van der Waals surface area contributed by atoms with Gasteiger partial charge < -0.3 is 15.3 Å². The van der Waals surface area contributed by atoms with E-state index >= 15 is 0 Å². The van der Waals surface area contributed by atoms with Gasteiger partial charge in [0.05, 0.1) is 0 Å². The van der Waals surface area contributed by atoms with E-state index in [2.05, 4.69) is 31.0 Å². The third-order valence-electron chi connectivity index (χ3n) is 3.88. The Bertz CT molecular complexity index is 257. The lowest BCUT2D eigenvalue weighted by molar-refractivity contribution is -0.139. The molecule has 1 fully saturated rings. The number of nitrogens with zero attached hydrogens (tertiary/aromatic N) is 1. The Hall–Kier alpha value is -0.610. The summed E-state index contributed by atoms with van der Waals surface area (Å²) in [6.07, 6.45) is 4.11. The number of nitrogens with one attached hydrogen (secondary N) is 1. The molecule has 1 aliphatic rings. The van der Waals surface area contributed by atoms with Crippen LogP contribution in [-0.2, 0) is 4.79 Å². The molecule has 0 aliphatic carbocycles. The number of rotatable bonds is 7. The molecule has 0 radical (unpaired) electrons. The van der Waals surface area contributed by atoms with Crippen molar-refractivity contribution in [3.8, 4) is 0 Å². The van der Waals surface area contributed by atoms with Crippen molar-refractivity contribution in [2.75, 3.05) is 26.2 Å². The zero-order chi connectivity index (χ0) is 13.6. The Morgan fingerprint density at radius 2 is 2.00 bits per heavy atom. The first-order chi connectivity index (χ1) is 8.44. The van der Waals surface area contributed by atoms with Crippen molar-refractivity contribution >= 4 is 5.97 Å². The third-order valence-corrected chi connectivity index (χ3v) is 3.88. The van der Waals surface area contributed by atoms with Crippen molar-refractivity contribution in [1.82, 2.24) is 10.2 Å². The second kappa shape index (κ2) is 7.10. The van der Waals surface area contributed by atoms with Crippen molar-refractivity contribution in [2.24, 2.45) is 5.41 Å². The molecule has 1 atom stereocenters. The van der Waals surface area contributed by atoms with Crippen molar-refractivity contribution in [1.29, 1.82) is 0 Å². The van der Waals surface area contributed by atoms with Crippen LogP contribution in [0.1, 0.15) is 46.5 Å². The molecule has 0 aromatic heterocycles. The predicted molar refractivity (Wildman–Crippen MR) is 73.8 cm³/mol. The van der Waals surface area contributed by atoms with Gasteiger partial charge in [0.15, 0.2) is 0 Å². The van der Waals surface area contributed by atoms with Crippen molar-refractivity contribution in [2.45, 2.75) is 52.5 Å². The number of hydrogen-bond donors (Lipinski definition) is 2. The van der Waals surface area contributed by atoms with E-state index in [4.69, 9.17) is 5.11 Å². The number of carboxylic acid groups (broad SMARTS) is 1. The van der Waals surface area contributed by atoms with Gasteiger partial charge in [0.2, 0.25) is 0 Å². The Morgan fingerprint density at radius 1 is 1.39 bits per heavy atom. The van der Waals surface area contributed by atoms with Crippen LogP contribution in [0.3, 0.4) is 0 Å². The number of aliphatic carboxylic acids is 1. The molecule has 1 saturated heterocycles. The largest absolute Gasteiger partial charge is 0.480 e. The minimum absolute atomic E-state index is 0.389. The highest BCUT2D eigenvalue weighted by Gasteiger charge is 2.26. The fourth-order valence-corrected chi connectivity index (χ4v) is 2.33. The topological polar surface area (TPSA) is 52.6 Å². The van der Waals surface area contributed by atoms with Gasteiger partial charge in [-0.3, -0.25) is 4.79 Å². The molecule has 106 valence electrons. The summed E-state index contributed by atoms with van der Waals surface area (Å²) in [6.45, 7) is 10.6. The third kappa shape index (κ3) is 5.36. The normalized spacial score (nSPS) is 21.7. The molecule has 18 heavy (non-hydrogen) atoms. The molecule has 1 heterocycles. The number of piperidine rings is 1. The summed E-state index contributed by atoms with van der Waals surface area (Å²) in [4.78, 5) is 13.5. The lowest BCUT2D eigenvalue weighted by Crippen LogP contribution is -2.43. The van der Waals surface area contributed by atoms with Crippen molar-refractivity contribution < 1.29 is 9.90 Å². The quantitative estimate of drug-likeness (QED) is 0.731. The Morgan fingerprint density at radius 3 is 2.50 bits per heavy atom. The van der Waals surface area contributed by atoms with Crippen LogP contribution in [0.15, 0.2) is 0 Å². The summed E-state index contributed by atoms with van der Waals surface area (Å²) in [5.74, 6) is -0.721. The van der Waals surface area contributed by atoms with Crippen molar-refractivity contribution in [3.05, 3.63) is 0 Å². The monoisotopic (exact) mass is 256 g/mol. The Balaban J connectivity index is 2.28. The van der Waals surface area contributed by atoms with Crippen LogP contribution in [0.25, 0.3) is 0 Å². The van der Waals surface area contributed by atoms with E-state index in [9.17, 15) is 4.79 Å². The average Bonchev–Trinajstić information content (AvgIpc) is 2.30. The maximum Gasteiger partial charge on any atom is 0.320 e. The summed E-state index contributed by atoms with van der Waals surface area (Å²) in [7, 11) is 0. The number of carboxylic acids is 1. The van der Waals surface area contributed by atoms with Gasteiger partial charge in [0, 0.05) is 6.54 Å². The highest BCUT2D eigenvalue weighted by atomic mass is 16.4. The average molecular weight is 256 g/mol. The first kappa shape index (κ1) is 15.4. The molecule has 2 N–H and O–H groups in total. The second-order valence-electron chi connectivity index (χ2n) is 6.14. The predicted octanol–water partition coefficient (Wildman–Crippen LogP) is 1.95. The molecule has 1 aliphatic heterocycles. The van der Waals surface area contributed by atoms with Crippen LogP contribution < -0.4 is 5.32 Å². The molecular weight excluding hydrogens is 228 g/mol. The van der Waals surface area contributed by atoms with E-state index in [1.165, 1.54) is 12.8 Å². The fourth-order valence-electron chi connectivity index (χ4n) is 2.33. The number of hydrogen-bond acceptors (Lipinski definition) is 3. The van der Waals surface area contributed by atoms with E-state index in [0.717, 1.165) is 32.6 Å². The van der Waals surface area contributed by atoms with Gasteiger partial charge in [-0.05, 0) is 50.7 Å². The van der Waals surface area contributed by atoms with E-state index in [1.807, 2.05) is 0 Å². The van der Waals surface area contributed by atoms with Gasteiger partial charge >= 0.3 is 5.97 Å². The first-order valence-corrected chi connectivity index (χ1v) is 7.13. The van der Waals surface area contributed by atoms with E-state index in [1.54, 1.807) is 0 Å². The minimum atomic E-state index is -0.721. The molecule has 0 bridgehead atoms. The number of carbonyl (C=O) groups is 1. The van der Waals surface area contributed by atoms with E-state index in [-0.39, 0.29) is 6.04 Å². The summed E-state index contributed by atoms with van der Waals surface area (Å²) >= 11 is 0.